The number of ether oxygens (including phenoxy) is 2. The van der Waals surface area contributed by atoms with Crippen LogP contribution in [0, 0.1) is 0 Å². The van der Waals surface area contributed by atoms with Gasteiger partial charge in [-0.05, 0) is 54.3 Å². The molecule has 1 amide bonds. The molecule has 2 rings (SSSR count). The Morgan fingerprint density at radius 3 is 1.21 bits per heavy atom. The van der Waals surface area contributed by atoms with Gasteiger partial charge in [-0.1, -0.05) is 219 Å². The van der Waals surface area contributed by atoms with Crippen molar-refractivity contribution in [2.45, 2.75) is 238 Å². The maximum Gasteiger partial charge on any atom is 0.335 e. The summed E-state index contributed by atoms with van der Waals surface area (Å²) in [6.07, 6.45) is 40.8. The molecule has 1 atom stereocenters. The molecule has 0 bridgehead atoms. The molecule has 0 spiro atoms. The number of carboxylic acids is 1. The summed E-state index contributed by atoms with van der Waals surface area (Å²) in [6, 6.07) is 8.68. The number of hydrogen-bond acceptors (Lipinski definition) is 6. The average molecular weight is 850 g/mol. The third-order valence-electron chi connectivity index (χ3n) is 12.1. The van der Waals surface area contributed by atoms with E-state index in [0.29, 0.717) is 22.9 Å². The molecule has 0 heterocycles. The van der Waals surface area contributed by atoms with Crippen LogP contribution in [0.1, 0.15) is 253 Å². The van der Waals surface area contributed by atoms with Crippen LogP contribution in [0.5, 0.6) is 0 Å². The van der Waals surface area contributed by atoms with E-state index >= 15 is 0 Å². The van der Waals surface area contributed by atoms with Crippen LogP contribution in [-0.4, -0.2) is 48.2 Å². The van der Waals surface area contributed by atoms with Crippen LogP contribution in [0.15, 0.2) is 36.4 Å². The highest BCUT2D eigenvalue weighted by Crippen LogP contribution is 2.20. The van der Waals surface area contributed by atoms with Gasteiger partial charge in [0, 0.05) is 12.0 Å². The van der Waals surface area contributed by atoms with Crippen molar-refractivity contribution in [3.8, 4) is 0 Å². The van der Waals surface area contributed by atoms with Crippen molar-refractivity contribution >= 4 is 34.6 Å². The number of carbonyl (C=O) groups excluding carboxylic acids is 3. The third-order valence-corrected chi connectivity index (χ3v) is 12.1. The normalized spacial score (nSPS) is 11.8. The molecule has 2 N–H and O–H groups in total. The number of unbranched alkanes of at least 4 members (excludes halogenated alkanes) is 30. The minimum Gasteiger partial charge on any atom is -0.478 e. The minimum absolute atomic E-state index is 0.00631. The Bertz CT molecular complexity index is 1440. The van der Waals surface area contributed by atoms with E-state index in [-0.39, 0.29) is 31.0 Å². The highest BCUT2D eigenvalue weighted by atomic mass is 16.5. The Morgan fingerprint density at radius 1 is 0.475 bits per heavy atom. The molecule has 0 aromatic heterocycles. The predicted molar refractivity (Wildman–Crippen MR) is 252 cm³/mol. The molecule has 0 saturated carbocycles. The number of hydrogen-bond donors (Lipinski definition) is 2. The largest absolute Gasteiger partial charge is 0.478 e. The zero-order chi connectivity index (χ0) is 44.0. The number of nitrogens with one attached hydrogen (secondary N) is 1. The Balaban J connectivity index is 1.67. The van der Waals surface area contributed by atoms with Gasteiger partial charge in [0.2, 0.25) is 0 Å². The third kappa shape index (κ3) is 28.0. The van der Waals surface area contributed by atoms with Gasteiger partial charge in [-0.2, -0.15) is 0 Å². The van der Waals surface area contributed by atoms with Gasteiger partial charge in [0.05, 0.1) is 18.8 Å². The molecular formula is C53H87NO7. The highest BCUT2D eigenvalue weighted by Gasteiger charge is 2.24. The summed E-state index contributed by atoms with van der Waals surface area (Å²) >= 11 is 0. The zero-order valence-corrected chi connectivity index (χ0v) is 38.9. The Morgan fingerprint density at radius 2 is 0.820 bits per heavy atom. The lowest BCUT2D eigenvalue weighted by molar-refractivity contribution is -0.147. The number of carboxylic acid groups (broad SMARTS) is 1. The van der Waals surface area contributed by atoms with Crippen LogP contribution >= 0.6 is 0 Å². The fourth-order valence-corrected chi connectivity index (χ4v) is 8.10. The molecule has 2 aromatic rings. The first-order valence-corrected chi connectivity index (χ1v) is 25.3. The number of rotatable bonds is 41. The van der Waals surface area contributed by atoms with Gasteiger partial charge in [0.15, 0.2) is 0 Å². The van der Waals surface area contributed by atoms with Crippen molar-refractivity contribution < 1.29 is 33.8 Å². The van der Waals surface area contributed by atoms with E-state index in [0.717, 1.165) is 38.5 Å². The summed E-state index contributed by atoms with van der Waals surface area (Å²) in [5, 5.41) is 13.5. The van der Waals surface area contributed by atoms with Crippen molar-refractivity contribution in [1.29, 1.82) is 0 Å². The van der Waals surface area contributed by atoms with Crippen LogP contribution in [0.3, 0.4) is 0 Å². The minimum atomic E-state index is -1.02. The second-order valence-corrected chi connectivity index (χ2v) is 17.6. The summed E-state index contributed by atoms with van der Waals surface area (Å²) in [7, 11) is 0. The van der Waals surface area contributed by atoms with Crippen LogP contribution in [-0.2, 0) is 19.1 Å². The monoisotopic (exact) mass is 850 g/mol. The molecular weight excluding hydrogens is 763 g/mol. The van der Waals surface area contributed by atoms with Crippen LogP contribution in [0.4, 0.5) is 0 Å². The molecule has 0 aliphatic heterocycles. The molecule has 0 fully saturated rings. The summed E-state index contributed by atoms with van der Waals surface area (Å²) in [5.41, 5.74) is 0.496. The first kappa shape index (κ1) is 53.7. The van der Waals surface area contributed by atoms with E-state index in [9.17, 15) is 24.3 Å². The van der Waals surface area contributed by atoms with E-state index in [1.54, 1.807) is 30.3 Å². The molecule has 61 heavy (non-hydrogen) atoms. The zero-order valence-electron chi connectivity index (χ0n) is 38.9. The summed E-state index contributed by atoms with van der Waals surface area (Å²) < 4.78 is 11.1. The van der Waals surface area contributed by atoms with E-state index in [4.69, 9.17) is 9.47 Å². The van der Waals surface area contributed by atoms with Crippen LogP contribution < -0.4 is 5.32 Å². The molecule has 0 saturated heterocycles. The van der Waals surface area contributed by atoms with E-state index < -0.39 is 23.9 Å². The smallest absolute Gasteiger partial charge is 0.335 e. The summed E-state index contributed by atoms with van der Waals surface area (Å²) in [4.78, 5) is 50.8. The average Bonchev–Trinajstić information content (AvgIpc) is 3.26. The second-order valence-electron chi connectivity index (χ2n) is 17.6. The molecule has 0 radical (unpaired) electrons. The van der Waals surface area contributed by atoms with Crippen molar-refractivity contribution in [2.75, 3.05) is 13.2 Å². The first-order chi connectivity index (χ1) is 29.8. The van der Waals surface area contributed by atoms with Gasteiger partial charge in [0.1, 0.15) is 6.04 Å². The second kappa shape index (κ2) is 37.2. The first-order valence-electron chi connectivity index (χ1n) is 25.3. The number of amides is 1. The standard InChI is InChI=1S/C53H87NO7/c1-3-5-7-9-11-13-15-17-19-21-23-25-27-29-31-33-41-60-50(55)40-39-49(54-51(56)47-37-35-46-44-48(52(57)58)38-36-45(46)43-47)53(59)61-42-34-32-30-28-26-24-22-20-18-16-14-12-10-8-6-4-2/h35-38,43-44,49H,3-34,39-42H2,1-2H3,(H,54,56)(H,57,58)/t49-/m0/s1. The SMILES string of the molecule is CCCCCCCCCCCCCCCCCCOC(=O)CC[C@H](NC(=O)c1ccc2cc(C(=O)O)ccc2c1)C(=O)OCCCCCCCCCCCCCCCCCC. The molecule has 0 unspecified atom stereocenters. The fraction of sp³-hybridized carbons (Fsp3) is 0.736. The highest BCUT2D eigenvalue weighted by molar-refractivity contribution is 6.01. The predicted octanol–water partition coefficient (Wildman–Crippen LogP) is 15.0. The van der Waals surface area contributed by atoms with Crippen molar-refractivity contribution in [3.05, 3.63) is 47.5 Å². The molecule has 2 aromatic carbocycles. The summed E-state index contributed by atoms with van der Waals surface area (Å²) in [6.45, 7) is 5.17. The van der Waals surface area contributed by atoms with Crippen molar-refractivity contribution in [2.24, 2.45) is 0 Å². The molecule has 8 nitrogen and oxygen atoms in total. The topological polar surface area (TPSA) is 119 Å². The van der Waals surface area contributed by atoms with Gasteiger partial charge in [0.25, 0.3) is 5.91 Å². The fourth-order valence-electron chi connectivity index (χ4n) is 8.10. The van der Waals surface area contributed by atoms with E-state index in [2.05, 4.69) is 19.2 Å². The van der Waals surface area contributed by atoms with Gasteiger partial charge in [-0.25, -0.2) is 9.59 Å². The maximum absolute atomic E-state index is 13.4. The van der Waals surface area contributed by atoms with Crippen molar-refractivity contribution in [3.63, 3.8) is 0 Å². The molecule has 0 aliphatic carbocycles. The number of aromatic carboxylic acids is 1. The van der Waals surface area contributed by atoms with Gasteiger partial charge >= 0.3 is 17.9 Å². The summed E-state index contributed by atoms with van der Waals surface area (Å²) in [5.74, 6) is -2.42. The molecule has 346 valence electrons. The number of fused-ring (bicyclic) bond motifs is 1. The quantitative estimate of drug-likeness (QED) is 0.0505. The van der Waals surface area contributed by atoms with Gasteiger partial charge in [-0.15, -0.1) is 0 Å². The number of carbonyl (C=O) groups is 4. The number of esters is 2. The van der Waals surface area contributed by atoms with Gasteiger partial charge < -0.3 is 19.9 Å². The van der Waals surface area contributed by atoms with E-state index in [1.807, 2.05) is 0 Å². The lowest BCUT2D eigenvalue weighted by atomic mass is 10.0. The molecule has 8 heteroatoms. The Kier molecular flexibility index (Phi) is 32.7. The van der Waals surface area contributed by atoms with Crippen molar-refractivity contribution in [1.82, 2.24) is 5.32 Å². The maximum atomic E-state index is 13.4. The lowest BCUT2D eigenvalue weighted by Crippen LogP contribution is -2.42. The lowest BCUT2D eigenvalue weighted by Gasteiger charge is -2.18. The van der Waals surface area contributed by atoms with Gasteiger partial charge in [-0.3, -0.25) is 9.59 Å². The Labute approximate surface area is 371 Å². The van der Waals surface area contributed by atoms with Crippen LogP contribution in [0.25, 0.3) is 10.8 Å². The Hall–Kier alpha value is -3.42. The molecule has 0 aliphatic rings. The van der Waals surface area contributed by atoms with Crippen LogP contribution in [0.2, 0.25) is 0 Å². The van der Waals surface area contributed by atoms with E-state index in [1.165, 1.54) is 173 Å². The number of benzene rings is 2.